The van der Waals surface area contributed by atoms with Crippen LogP contribution >= 0.6 is 15.9 Å². The zero-order valence-electron chi connectivity index (χ0n) is 21.5. The van der Waals surface area contributed by atoms with Crippen molar-refractivity contribution in [3.8, 4) is 0 Å². The number of urea groups is 1. The summed E-state index contributed by atoms with van der Waals surface area (Å²) in [6.45, 7) is 8.85. The van der Waals surface area contributed by atoms with Crippen LogP contribution in [0.5, 0.6) is 0 Å². The zero-order valence-corrected chi connectivity index (χ0v) is 23.9. The molecule has 2 fully saturated rings. The zero-order chi connectivity index (χ0) is 26.6. The van der Waals surface area contributed by atoms with E-state index in [0.717, 1.165) is 4.31 Å². The lowest BCUT2D eigenvalue weighted by atomic mass is 10.2. The molecule has 1 aliphatic heterocycles. The van der Waals surface area contributed by atoms with Gasteiger partial charge in [-0.1, -0.05) is 0 Å². The van der Waals surface area contributed by atoms with Gasteiger partial charge in [0.2, 0.25) is 0 Å². The lowest BCUT2D eigenvalue weighted by Gasteiger charge is -2.37. The number of halogens is 1. The maximum absolute atomic E-state index is 14.0. The summed E-state index contributed by atoms with van der Waals surface area (Å²) < 4.78 is 36.7. The van der Waals surface area contributed by atoms with Crippen LogP contribution in [0.3, 0.4) is 0 Å². The van der Waals surface area contributed by atoms with Gasteiger partial charge in [0.15, 0.2) is 0 Å². The molecular weight excluding hydrogens is 552 g/mol. The Balaban J connectivity index is 1.74. The molecule has 0 N–H and O–H groups in total. The molecule has 36 heavy (non-hydrogen) atoms. The van der Waals surface area contributed by atoms with Crippen LogP contribution in [0.1, 0.15) is 40.5 Å². The van der Waals surface area contributed by atoms with E-state index in [4.69, 9.17) is 4.74 Å². The van der Waals surface area contributed by atoms with Gasteiger partial charge >= 0.3 is 12.1 Å². The van der Waals surface area contributed by atoms with Crippen molar-refractivity contribution in [2.45, 2.75) is 56.6 Å². The highest BCUT2D eigenvalue weighted by atomic mass is 79.9. The molecule has 1 saturated heterocycles. The Morgan fingerprint density at radius 2 is 1.72 bits per heavy atom. The molecule has 3 heterocycles. The highest BCUT2D eigenvalue weighted by Gasteiger charge is 2.53. The molecule has 0 aromatic carbocycles. The van der Waals surface area contributed by atoms with E-state index in [1.807, 2.05) is 4.90 Å². The minimum Gasteiger partial charge on any atom is -0.443 e. The molecule has 2 aromatic rings. The highest BCUT2D eigenvalue weighted by Crippen LogP contribution is 2.45. The van der Waals surface area contributed by atoms with Crippen LogP contribution in [-0.4, -0.2) is 95.7 Å². The quantitative estimate of drug-likeness (QED) is 0.542. The third-order valence-electron chi connectivity index (χ3n) is 6.34. The Morgan fingerprint density at radius 3 is 2.25 bits per heavy atom. The fraction of sp³-hybridized carbons (Fsp3) is 0.609. The molecule has 3 amide bonds. The SMILES string of the molecule is CN(C)C(=O)N1CCN(c2cc(S(=O)(=O)N(C(=O)OC(C)(C)C)C3(C)CC3)cc3c(Br)cnn23)CC1. The van der Waals surface area contributed by atoms with Gasteiger partial charge in [0, 0.05) is 46.3 Å². The standard InChI is InChI=1S/C23H33BrN6O5S/c1-22(2,3)35-21(32)30(23(4)7-8-23)36(33,34)16-13-18-17(24)15-25-29(18)19(14-16)27-9-11-28(12-10-27)20(31)26(5)6/h13-15H,7-12H2,1-6H3. The maximum atomic E-state index is 14.0. The molecule has 2 aliphatic rings. The number of fused-ring (bicyclic) bond motifs is 1. The molecule has 11 nitrogen and oxygen atoms in total. The van der Waals surface area contributed by atoms with Gasteiger partial charge in [0.05, 0.1) is 26.6 Å². The lowest BCUT2D eigenvalue weighted by Crippen LogP contribution is -2.52. The molecule has 0 spiro atoms. The summed E-state index contributed by atoms with van der Waals surface area (Å²) in [5.41, 5.74) is -1.12. The predicted molar refractivity (Wildman–Crippen MR) is 139 cm³/mol. The Kier molecular flexibility index (Phi) is 6.69. The molecule has 2 aromatic heterocycles. The van der Waals surface area contributed by atoms with Crippen molar-refractivity contribution >= 4 is 49.4 Å². The second-order valence-electron chi connectivity index (χ2n) is 10.7. The average Bonchev–Trinajstić information content (AvgIpc) is 3.40. The van der Waals surface area contributed by atoms with Gasteiger partial charge in [-0.15, -0.1) is 0 Å². The normalized spacial score (nSPS) is 17.8. The van der Waals surface area contributed by atoms with Crippen LogP contribution in [0.2, 0.25) is 0 Å². The molecule has 4 rings (SSSR count). The Labute approximate surface area is 220 Å². The smallest absolute Gasteiger partial charge is 0.424 e. The number of hydrogen-bond acceptors (Lipinski definition) is 7. The first-order valence-electron chi connectivity index (χ1n) is 11.8. The van der Waals surface area contributed by atoms with E-state index in [9.17, 15) is 18.0 Å². The number of piperazine rings is 1. The molecule has 1 aliphatic carbocycles. The lowest BCUT2D eigenvalue weighted by molar-refractivity contribution is 0.0331. The summed E-state index contributed by atoms with van der Waals surface area (Å²) in [5, 5.41) is 4.43. The fourth-order valence-electron chi connectivity index (χ4n) is 4.20. The third kappa shape index (κ3) is 4.99. The van der Waals surface area contributed by atoms with E-state index in [0.29, 0.717) is 54.8 Å². The van der Waals surface area contributed by atoms with E-state index in [2.05, 4.69) is 21.0 Å². The Hall–Kier alpha value is -2.54. The number of carbonyl (C=O) groups is 2. The Bertz CT molecular complexity index is 1290. The average molecular weight is 586 g/mol. The summed E-state index contributed by atoms with van der Waals surface area (Å²) in [6.07, 6.45) is 1.86. The van der Waals surface area contributed by atoms with E-state index in [1.165, 1.54) is 11.0 Å². The van der Waals surface area contributed by atoms with E-state index < -0.39 is 27.3 Å². The second kappa shape index (κ2) is 9.09. The first-order valence-corrected chi connectivity index (χ1v) is 14.0. The molecular formula is C23H33BrN6O5S. The third-order valence-corrected chi connectivity index (χ3v) is 8.86. The summed E-state index contributed by atoms with van der Waals surface area (Å²) in [6, 6.07) is 3.00. The number of amides is 3. The fourth-order valence-corrected chi connectivity index (χ4v) is 6.30. The van der Waals surface area contributed by atoms with Crippen LogP contribution in [-0.2, 0) is 14.8 Å². The van der Waals surface area contributed by atoms with Crippen LogP contribution in [0.25, 0.3) is 5.52 Å². The first-order chi connectivity index (χ1) is 16.6. The molecule has 198 valence electrons. The van der Waals surface area contributed by atoms with Gasteiger partial charge in [0.1, 0.15) is 11.4 Å². The number of nitrogens with zero attached hydrogens (tertiary/aromatic N) is 6. The largest absolute Gasteiger partial charge is 0.443 e. The van der Waals surface area contributed by atoms with E-state index in [-0.39, 0.29) is 10.9 Å². The number of rotatable bonds is 4. The number of aromatic nitrogens is 2. The minimum absolute atomic E-state index is 0.0167. The Morgan fingerprint density at radius 1 is 1.11 bits per heavy atom. The van der Waals surface area contributed by atoms with Crippen molar-refractivity contribution < 1.29 is 22.7 Å². The second-order valence-corrected chi connectivity index (χ2v) is 13.4. The molecule has 0 bridgehead atoms. The molecule has 0 radical (unpaired) electrons. The maximum Gasteiger partial charge on any atom is 0.424 e. The van der Waals surface area contributed by atoms with Crippen LogP contribution in [0.15, 0.2) is 27.7 Å². The van der Waals surface area contributed by atoms with Gasteiger partial charge in [-0.25, -0.2) is 22.5 Å². The van der Waals surface area contributed by atoms with Crippen molar-refractivity contribution in [3.05, 3.63) is 22.8 Å². The summed E-state index contributed by atoms with van der Waals surface area (Å²) in [7, 11) is -0.826. The first kappa shape index (κ1) is 26.5. The predicted octanol–water partition coefficient (Wildman–Crippen LogP) is 3.38. The molecule has 0 atom stereocenters. The summed E-state index contributed by atoms with van der Waals surface area (Å²) in [4.78, 5) is 30.8. The van der Waals surface area contributed by atoms with Crippen molar-refractivity contribution in [2.24, 2.45) is 0 Å². The van der Waals surface area contributed by atoms with Crippen molar-refractivity contribution in [2.75, 3.05) is 45.2 Å². The van der Waals surface area contributed by atoms with E-state index in [1.54, 1.807) is 63.5 Å². The van der Waals surface area contributed by atoms with Crippen molar-refractivity contribution in [1.29, 1.82) is 0 Å². The monoisotopic (exact) mass is 584 g/mol. The van der Waals surface area contributed by atoms with Gasteiger partial charge in [-0.3, -0.25) is 0 Å². The molecule has 0 unspecified atom stereocenters. The number of anilines is 1. The van der Waals surface area contributed by atoms with Gasteiger partial charge < -0.3 is 19.4 Å². The number of ether oxygens (including phenoxy) is 1. The summed E-state index contributed by atoms with van der Waals surface area (Å²) >= 11 is 3.47. The van der Waals surface area contributed by atoms with Gasteiger partial charge in [-0.05, 0) is 62.5 Å². The molecule has 13 heteroatoms. The number of sulfonamides is 1. The van der Waals surface area contributed by atoms with Crippen molar-refractivity contribution in [3.63, 3.8) is 0 Å². The van der Waals surface area contributed by atoms with E-state index >= 15 is 0 Å². The molecule has 1 saturated carbocycles. The number of pyridine rings is 1. The highest BCUT2D eigenvalue weighted by molar-refractivity contribution is 9.10. The van der Waals surface area contributed by atoms with Crippen LogP contribution in [0, 0.1) is 0 Å². The summed E-state index contributed by atoms with van der Waals surface area (Å²) in [5.74, 6) is 0.568. The topological polar surface area (TPSA) is 108 Å². The van der Waals surface area contributed by atoms with Crippen LogP contribution in [0.4, 0.5) is 15.4 Å². The van der Waals surface area contributed by atoms with Gasteiger partial charge in [-0.2, -0.15) is 9.40 Å². The number of hydrogen-bond donors (Lipinski definition) is 0. The number of carbonyl (C=O) groups excluding carboxylic acids is 2. The minimum atomic E-state index is -4.25. The van der Waals surface area contributed by atoms with Crippen LogP contribution < -0.4 is 4.90 Å². The van der Waals surface area contributed by atoms with Gasteiger partial charge in [0.25, 0.3) is 10.0 Å². The van der Waals surface area contributed by atoms with Crippen molar-refractivity contribution in [1.82, 2.24) is 23.7 Å².